The number of methoxy groups -OCH3 is 1. The van der Waals surface area contributed by atoms with Gasteiger partial charge in [-0.1, -0.05) is 6.92 Å². The lowest BCUT2D eigenvalue weighted by atomic mass is 10.0. The molecule has 1 aliphatic carbocycles. The number of nitrogens with zero attached hydrogens (tertiary/aromatic N) is 1. The third-order valence-electron chi connectivity index (χ3n) is 4.46. The topological polar surface area (TPSA) is 55.8 Å². The fourth-order valence-electron chi connectivity index (χ4n) is 3.21. The number of carbonyl (C=O) groups is 2. The Bertz CT molecular complexity index is 428. The zero-order valence-electron chi connectivity index (χ0n) is 12.6. The quantitative estimate of drug-likeness (QED) is 0.686. The predicted molar refractivity (Wildman–Crippen MR) is 69.6 cm³/mol. The van der Waals surface area contributed by atoms with Crippen molar-refractivity contribution in [2.24, 2.45) is 5.41 Å². The maximum Gasteiger partial charge on any atom is 0.411 e. The number of amides is 1. The molecule has 108 valence electrons. The Hall–Kier alpha value is -1.26. The molecule has 1 heterocycles. The summed E-state index contributed by atoms with van der Waals surface area (Å²) in [7, 11) is 1.35. The molecule has 0 unspecified atom stereocenters. The van der Waals surface area contributed by atoms with Gasteiger partial charge in [-0.15, -0.1) is 0 Å². The maximum absolute atomic E-state index is 12.4. The van der Waals surface area contributed by atoms with E-state index >= 15 is 0 Å². The molecule has 0 N–H and O–H groups in total. The van der Waals surface area contributed by atoms with Gasteiger partial charge in [-0.3, -0.25) is 4.90 Å². The second-order valence-corrected chi connectivity index (χ2v) is 7.10. The molecule has 1 aliphatic heterocycles. The first kappa shape index (κ1) is 14.2. The molecule has 0 spiro atoms. The Balaban J connectivity index is 2.24. The van der Waals surface area contributed by atoms with Gasteiger partial charge >= 0.3 is 12.1 Å². The summed E-state index contributed by atoms with van der Waals surface area (Å²) in [6, 6.07) is -0.524. The van der Waals surface area contributed by atoms with Crippen molar-refractivity contribution in [3.63, 3.8) is 0 Å². The number of piperidine rings is 1. The van der Waals surface area contributed by atoms with Crippen LogP contribution < -0.4 is 0 Å². The largest absolute Gasteiger partial charge is 0.467 e. The summed E-state index contributed by atoms with van der Waals surface area (Å²) < 4.78 is 10.2. The molecular weight excluding hydrogens is 246 g/mol. The van der Waals surface area contributed by atoms with E-state index in [2.05, 4.69) is 6.92 Å². The third kappa shape index (κ3) is 2.09. The van der Waals surface area contributed by atoms with E-state index in [1.165, 1.54) is 7.11 Å². The van der Waals surface area contributed by atoms with Gasteiger partial charge in [-0.2, -0.15) is 0 Å². The summed E-state index contributed by atoms with van der Waals surface area (Å²) in [5.74, 6) is -0.361. The highest BCUT2D eigenvalue weighted by molar-refractivity contribution is 5.84. The van der Waals surface area contributed by atoms with Gasteiger partial charge in [-0.05, 0) is 46.0 Å². The summed E-state index contributed by atoms with van der Waals surface area (Å²) in [5, 5.41) is 0. The molecule has 2 aliphatic rings. The predicted octanol–water partition coefficient (Wildman–Crippen LogP) is 2.34. The molecule has 1 saturated carbocycles. The summed E-state index contributed by atoms with van der Waals surface area (Å²) in [4.78, 5) is 25.8. The number of fused-ring (bicyclic) bond motifs is 1. The molecule has 3 atom stereocenters. The van der Waals surface area contributed by atoms with Crippen molar-refractivity contribution in [3.8, 4) is 0 Å². The number of ether oxygens (including phenoxy) is 2. The molecule has 5 heteroatoms. The Kier molecular flexibility index (Phi) is 2.88. The van der Waals surface area contributed by atoms with Crippen LogP contribution in [0.4, 0.5) is 4.79 Å². The van der Waals surface area contributed by atoms with Gasteiger partial charge in [0.2, 0.25) is 0 Å². The number of carbonyl (C=O) groups excluding carboxylic acids is 2. The maximum atomic E-state index is 12.4. The SMILES string of the molecule is COC(=O)[C@@H]1C[C@@]2(C)C[C@@]2(C)N1C(=O)OC(C)(C)C. The van der Waals surface area contributed by atoms with E-state index in [0.717, 1.165) is 6.42 Å². The average Bonchev–Trinajstić information content (AvgIpc) is 2.68. The molecule has 0 aromatic rings. The Labute approximate surface area is 114 Å². The molecule has 0 bridgehead atoms. The van der Waals surface area contributed by atoms with Crippen LogP contribution in [0.25, 0.3) is 0 Å². The van der Waals surface area contributed by atoms with Crippen LogP contribution in [0, 0.1) is 5.41 Å². The molecular formula is C14H23NO4. The summed E-state index contributed by atoms with van der Waals surface area (Å²) in [5.41, 5.74) is -0.848. The number of hydrogen-bond donors (Lipinski definition) is 0. The van der Waals surface area contributed by atoms with E-state index in [0.29, 0.717) is 6.42 Å². The van der Waals surface area contributed by atoms with E-state index in [4.69, 9.17) is 9.47 Å². The zero-order valence-corrected chi connectivity index (χ0v) is 12.6. The van der Waals surface area contributed by atoms with Gasteiger partial charge in [0.1, 0.15) is 11.6 Å². The molecule has 0 aromatic carbocycles. The molecule has 1 amide bonds. The van der Waals surface area contributed by atoms with Crippen LogP contribution in [0.15, 0.2) is 0 Å². The van der Waals surface area contributed by atoms with Crippen LogP contribution in [0.3, 0.4) is 0 Å². The van der Waals surface area contributed by atoms with Gasteiger partial charge in [0.25, 0.3) is 0 Å². The molecule has 2 rings (SSSR count). The van der Waals surface area contributed by atoms with Crippen molar-refractivity contribution in [2.75, 3.05) is 7.11 Å². The Morgan fingerprint density at radius 3 is 2.32 bits per heavy atom. The van der Waals surface area contributed by atoms with Gasteiger partial charge < -0.3 is 9.47 Å². The Morgan fingerprint density at radius 2 is 1.84 bits per heavy atom. The van der Waals surface area contributed by atoms with Crippen molar-refractivity contribution in [3.05, 3.63) is 0 Å². The highest BCUT2D eigenvalue weighted by Crippen LogP contribution is 2.68. The van der Waals surface area contributed by atoms with Crippen LogP contribution in [0.1, 0.15) is 47.5 Å². The minimum atomic E-state index is -0.567. The van der Waals surface area contributed by atoms with E-state index in [1.54, 1.807) is 4.90 Å². The van der Waals surface area contributed by atoms with Crippen molar-refractivity contribution in [2.45, 2.75) is 64.6 Å². The highest BCUT2D eigenvalue weighted by atomic mass is 16.6. The van der Waals surface area contributed by atoms with Crippen molar-refractivity contribution < 1.29 is 19.1 Å². The molecule has 5 nitrogen and oxygen atoms in total. The first-order chi connectivity index (χ1) is 8.54. The number of likely N-dealkylation sites (tertiary alicyclic amines) is 1. The lowest BCUT2D eigenvalue weighted by molar-refractivity contribution is -0.147. The van der Waals surface area contributed by atoms with Crippen molar-refractivity contribution in [1.29, 1.82) is 0 Å². The van der Waals surface area contributed by atoms with E-state index in [-0.39, 0.29) is 16.9 Å². The summed E-state index contributed by atoms with van der Waals surface area (Å²) >= 11 is 0. The molecule has 19 heavy (non-hydrogen) atoms. The lowest BCUT2D eigenvalue weighted by Gasteiger charge is -2.32. The van der Waals surface area contributed by atoms with Gasteiger partial charge in [0.15, 0.2) is 0 Å². The molecule has 0 aromatic heterocycles. The summed E-state index contributed by atoms with van der Waals surface area (Å²) in [6.07, 6.45) is 1.13. The van der Waals surface area contributed by atoms with Crippen molar-refractivity contribution >= 4 is 12.1 Å². The molecule has 1 saturated heterocycles. The van der Waals surface area contributed by atoms with Crippen LogP contribution >= 0.6 is 0 Å². The van der Waals surface area contributed by atoms with Crippen molar-refractivity contribution in [1.82, 2.24) is 4.90 Å². The number of hydrogen-bond acceptors (Lipinski definition) is 4. The molecule has 2 fully saturated rings. The highest BCUT2D eigenvalue weighted by Gasteiger charge is 2.74. The standard InChI is InChI=1S/C14H23NO4/c1-12(2,3)19-11(17)15-9(10(16)18-6)7-13(4)8-14(13,15)5/h9H,7-8H2,1-6H3/t9-,13-,14+/m0/s1. The van der Waals surface area contributed by atoms with E-state index in [9.17, 15) is 9.59 Å². The first-order valence-electron chi connectivity index (χ1n) is 6.64. The van der Waals surface area contributed by atoms with Crippen LogP contribution in [-0.2, 0) is 14.3 Å². The fraction of sp³-hybridized carbons (Fsp3) is 0.857. The zero-order chi connectivity index (χ0) is 14.6. The lowest BCUT2D eigenvalue weighted by Crippen LogP contribution is -2.49. The average molecular weight is 269 g/mol. The van der Waals surface area contributed by atoms with Crippen LogP contribution in [0.2, 0.25) is 0 Å². The normalized spacial score (nSPS) is 36.7. The number of esters is 1. The minimum Gasteiger partial charge on any atom is -0.467 e. The monoisotopic (exact) mass is 269 g/mol. The van der Waals surface area contributed by atoms with Gasteiger partial charge in [-0.25, -0.2) is 9.59 Å². The molecule has 0 radical (unpaired) electrons. The Morgan fingerprint density at radius 1 is 1.26 bits per heavy atom. The third-order valence-corrected chi connectivity index (χ3v) is 4.46. The second-order valence-electron chi connectivity index (χ2n) is 7.10. The van der Waals surface area contributed by atoms with Crippen LogP contribution in [-0.4, -0.2) is 41.3 Å². The summed E-state index contributed by atoms with van der Waals surface area (Å²) in [6.45, 7) is 9.58. The van der Waals surface area contributed by atoms with Gasteiger partial charge in [0, 0.05) is 0 Å². The smallest absolute Gasteiger partial charge is 0.411 e. The second kappa shape index (κ2) is 3.87. The fourth-order valence-corrected chi connectivity index (χ4v) is 3.21. The first-order valence-corrected chi connectivity index (χ1v) is 6.64. The number of rotatable bonds is 1. The van der Waals surface area contributed by atoms with Crippen LogP contribution in [0.5, 0.6) is 0 Å². The van der Waals surface area contributed by atoms with E-state index in [1.807, 2.05) is 27.7 Å². The minimum absolute atomic E-state index is 0.00274. The van der Waals surface area contributed by atoms with Gasteiger partial charge in [0.05, 0.1) is 12.6 Å². The van der Waals surface area contributed by atoms with E-state index < -0.39 is 17.7 Å².